The van der Waals surface area contributed by atoms with E-state index in [0.29, 0.717) is 21.9 Å². The first-order valence-corrected chi connectivity index (χ1v) is 7.03. The normalized spacial score (nSPS) is 11.7. The number of hydrogen-bond donors (Lipinski definition) is 2. The molecule has 2 rings (SSSR count). The highest BCUT2D eigenvalue weighted by molar-refractivity contribution is 7.82. The first kappa shape index (κ1) is 14.2. The average molecular weight is 290 g/mol. The Bertz CT molecular complexity index is 641. The van der Waals surface area contributed by atoms with Gasteiger partial charge in [-0.3, -0.25) is 4.79 Å². The van der Waals surface area contributed by atoms with Crippen molar-refractivity contribution in [2.75, 3.05) is 12.4 Å². The van der Waals surface area contributed by atoms with E-state index in [4.69, 9.17) is 9.88 Å². The molecule has 0 saturated heterocycles. The van der Waals surface area contributed by atoms with Gasteiger partial charge in [0.05, 0.1) is 17.6 Å². The Labute approximate surface area is 119 Å². The van der Waals surface area contributed by atoms with Gasteiger partial charge in [0.2, 0.25) is 0 Å². The zero-order valence-corrected chi connectivity index (χ0v) is 11.6. The molecule has 1 atom stereocenters. The number of benzene rings is 2. The number of nitrogens with one attached hydrogen (secondary N) is 1. The van der Waals surface area contributed by atoms with E-state index < -0.39 is 11.0 Å². The van der Waals surface area contributed by atoms with E-state index in [1.807, 2.05) is 0 Å². The second-order valence-electron chi connectivity index (χ2n) is 3.98. The number of anilines is 1. The molecule has 0 fully saturated rings. The number of carbonyl (C=O) groups is 1. The van der Waals surface area contributed by atoms with Crippen LogP contribution >= 0.6 is 0 Å². The van der Waals surface area contributed by atoms with E-state index in [2.05, 4.69) is 5.32 Å². The molecular weight excluding hydrogens is 276 g/mol. The summed E-state index contributed by atoms with van der Waals surface area (Å²) in [5, 5.41) is 8.00. The Morgan fingerprint density at radius 2 is 1.80 bits per heavy atom. The highest BCUT2D eigenvalue weighted by Crippen LogP contribution is 2.19. The molecule has 0 spiro atoms. The van der Waals surface area contributed by atoms with Crippen LogP contribution in [0.1, 0.15) is 10.4 Å². The maximum atomic E-state index is 12.1. The van der Waals surface area contributed by atoms with Crippen LogP contribution in [0, 0.1) is 0 Å². The van der Waals surface area contributed by atoms with Crippen molar-refractivity contribution >= 4 is 22.6 Å². The molecular formula is C14H14N2O3S. The van der Waals surface area contributed by atoms with Gasteiger partial charge >= 0.3 is 0 Å². The molecule has 0 aliphatic rings. The SMILES string of the molecule is COc1ccccc1C(=O)Nc1ccc([S@](N)=O)cc1. The van der Waals surface area contributed by atoms with Crippen LogP contribution in [0.5, 0.6) is 5.75 Å². The lowest BCUT2D eigenvalue weighted by atomic mass is 10.2. The summed E-state index contributed by atoms with van der Waals surface area (Å²) in [4.78, 5) is 12.6. The molecule has 5 nitrogen and oxygen atoms in total. The van der Waals surface area contributed by atoms with E-state index in [9.17, 15) is 9.00 Å². The van der Waals surface area contributed by atoms with Crippen LogP contribution in [0.3, 0.4) is 0 Å². The second kappa shape index (κ2) is 6.31. The molecule has 1 amide bonds. The molecule has 3 N–H and O–H groups in total. The summed E-state index contributed by atoms with van der Waals surface area (Å²) in [5.41, 5.74) is 1.04. The smallest absolute Gasteiger partial charge is 0.259 e. The predicted octanol–water partition coefficient (Wildman–Crippen LogP) is 1.93. The fourth-order valence-corrected chi connectivity index (χ4v) is 2.11. The van der Waals surface area contributed by atoms with Crippen LogP contribution in [0.4, 0.5) is 5.69 Å². The summed E-state index contributed by atoms with van der Waals surface area (Å²) in [6.45, 7) is 0. The molecule has 2 aromatic rings. The molecule has 0 aliphatic heterocycles. The van der Waals surface area contributed by atoms with Gasteiger partial charge in [0.25, 0.3) is 5.91 Å². The van der Waals surface area contributed by atoms with Gasteiger partial charge in [-0.2, -0.15) is 0 Å². The third-order valence-corrected chi connectivity index (χ3v) is 3.43. The minimum absolute atomic E-state index is 0.274. The highest BCUT2D eigenvalue weighted by Gasteiger charge is 2.11. The Balaban J connectivity index is 2.17. The molecule has 104 valence electrons. The van der Waals surface area contributed by atoms with Crippen molar-refractivity contribution in [3.05, 3.63) is 54.1 Å². The number of nitrogens with two attached hydrogens (primary N) is 1. The molecule has 6 heteroatoms. The number of ether oxygens (including phenoxy) is 1. The van der Waals surface area contributed by atoms with Crippen molar-refractivity contribution < 1.29 is 13.7 Å². The fraction of sp³-hybridized carbons (Fsp3) is 0.0714. The molecule has 0 aliphatic carbocycles. The fourth-order valence-electron chi connectivity index (χ4n) is 1.70. The predicted molar refractivity (Wildman–Crippen MR) is 78.0 cm³/mol. The van der Waals surface area contributed by atoms with Crippen LogP contribution in [-0.4, -0.2) is 17.2 Å². The van der Waals surface area contributed by atoms with Crippen molar-refractivity contribution in [3.8, 4) is 5.75 Å². The molecule has 0 unspecified atom stereocenters. The first-order chi connectivity index (χ1) is 9.61. The van der Waals surface area contributed by atoms with Crippen LogP contribution in [0.2, 0.25) is 0 Å². The van der Waals surface area contributed by atoms with Crippen LogP contribution in [-0.2, 0) is 11.0 Å². The lowest BCUT2D eigenvalue weighted by Crippen LogP contribution is -2.13. The number of amides is 1. The maximum Gasteiger partial charge on any atom is 0.259 e. The Hall–Kier alpha value is -2.18. The largest absolute Gasteiger partial charge is 0.496 e. The minimum atomic E-state index is -1.52. The van der Waals surface area contributed by atoms with Crippen molar-refractivity contribution in [1.29, 1.82) is 0 Å². The van der Waals surface area contributed by atoms with Gasteiger partial charge in [-0.05, 0) is 36.4 Å². The number of carbonyl (C=O) groups excluding carboxylic acids is 1. The Kier molecular flexibility index (Phi) is 4.49. The number of methoxy groups -OCH3 is 1. The summed E-state index contributed by atoms with van der Waals surface area (Å²) in [6, 6.07) is 13.5. The Morgan fingerprint density at radius 3 is 2.40 bits per heavy atom. The second-order valence-corrected chi connectivity index (χ2v) is 5.04. The molecule has 2 aromatic carbocycles. The summed E-state index contributed by atoms with van der Waals surface area (Å²) in [6.07, 6.45) is 0. The topological polar surface area (TPSA) is 81.4 Å². The quantitative estimate of drug-likeness (QED) is 0.902. The van der Waals surface area contributed by atoms with Gasteiger partial charge in [0, 0.05) is 5.69 Å². The van der Waals surface area contributed by atoms with Crippen molar-refractivity contribution in [3.63, 3.8) is 0 Å². The van der Waals surface area contributed by atoms with E-state index >= 15 is 0 Å². The van der Waals surface area contributed by atoms with E-state index in [-0.39, 0.29) is 5.91 Å². The zero-order chi connectivity index (χ0) is 14.5. The number of rotatable bonds is 4. The zero-order valence-electron chi connectivity index (χ0n) is 10.8. The third kappa shape index (κ3) is 3.23. The number of para-hydroxylation sites is 1. The summed E-state index contributed by atoms with van der Waals surface area (Å²) in [7, 11) is -0.0123. The molecule has 0 aromatic heterocycles. The molecule has 0 saturated carbocycles. The van der Waals surface area contributed by atoms with Gasteiger partial charge in [-0.1, -0.05) is 12.1 Å². The van der Waals surface area contributed by atoms with Gasteiger partial charge in [-0.15, -0.1) is 0 Å². The monoisotopic (exact) mass is 290 g/mol. The van der Waals surface area contributed by atoms with Gasteiger partial charge in [0.15, 0.2) is 0 Å². The minimum Gasteiger partial charge on any atom is -0.496 e. The van der Waals surface area contributed by atoms with Crippen molar-refractivity contribution in [1.82, 2.24) is 0 Å². The summed E-state index contributed by atoms with van der Waals surface area (Å²) in [5.74, 6) is 0.230. The van der Waals surface area contributed by atoms with E-state index in [0.717, 1.165) is 0 Å². The lowest BCUT2D eigenvalue weighted by Gasteiger charge is -2.09. The van der Waals surface area contributed by atoms with E-state index in [1.165, 1.54) is 7.11 Å². The van der Waals surface area contributed by atoms with Crippen LogP contribution in [0.25, 0.3) is 0 Å². The molecule has 0 bridgehead atoms. The lowest BCUT2D eigenvalue weighted by molar-refractivity contribution is 0.102. The average Bonchev–Trinajstić information content (AvgIpc) is 2.47. The third-order valence-electron chi connectivity index (χ3n) is 2.70. The summed E-state index contributed by atoms with van der Waals surface area (Å²) < 4.78 is 16.2. The maximum absolute atomic E-state index is 12.1. The van der Waals surface area contributed by atoms with E-state index in [1.54, 1.807) is 48.5 Å². The van der Waals surface area contributed by atoms with Crippen LogP contribution in [0.15, 0.2) is 53.4 Å². The molecule has 0 heterocycles. The number of hydrogen-bond acceptors (Lipinski definition) is 3. The molecule has 0 radical (unpaired) electrons. The van der Waals surface area contributed by atoms with Crippen molar-refractivity contribution in [2.24, 2.45) is 5.14 Å². The standard InChI is InChI=1S/C14H14N2O3S/c1-19-13-5-3-2-4-12(13)14(17)16-10-6-8-11(9-7-10)20(15)18/h2-9H,15H2,1H3,(H,16,17)/t20-/m1/s1. The van der Waals surface area contributed by atoms with Crippen LogP contribution < -0.4 is 15.2 Å². The van der Waals surface area contributed by atoms with Gasteiger partial charge in [0.1, 0.15) is 16.7 Å². The van der Waals surface area contributed by atoms with Gasteiger partial charge in [-0.25, -0.2) is 9.35 Å². The first-order valence-electron chi connectivity index (χ1n) is 5.82. The van der Waals surface area contributed by atoms with Gasteiger partial charge < -0.3 is 10.1 Å². The highest BCUT2D eigenvalue weighted by atomic mass is 32.2. The Morgan fingerprint density at radius 1 is 1.15 bits per heavy atom. The van der Waals surface area contributed by atoms with Crippen molar-refractivity contribution in [2.45, 2.75) is 4.90 Å². The summed E-state index contributed by atoms with van der Waals surface area (Å²) >= 11 is 0. The molecule has 20 heavy (non-hydrogen) atoms.